The zero-order chi connectivity index (χ0) is 20.6. The summed E-state index contributed by atoms with van der Waals surface area (Å²) in [5.41, 5.74) is 1.50. The number of furan rings is 1. The first-order valence-electron chi connectivity index (χ1n) is 10.5. The highest BCUT2D eigenvalue weighted by Gasteiger charge is 2.50. The highest BCUT2D eigenvalue weighted by atomic mass is 16.6. The number of ether oxygens (including phenoxy) is 1. The van der Waals surface area contributed by atoms with Gasteiger partial charge in [-0.15, -0.1) is 0 Å². The van der Waals surface area contributed by atoms with Crippen LogP contribution < -0.4 is 4.90 Å². The molecule has 0 aromatic carbocycles. The van der Waals surface area contributed by atoms with Gasteiger partial charge in [0.2, 0.25) is 0 Å². The molecule has 30 heavy (non-hydrogen) atoms. The molecule has 7 nitrogen and oxygen atoms in total. The number of carbonyl (C=O) groups excluding carboxylic acids is 1. The largest absolute Gasteiger partial charge is 0.464 e. The summed E-state index contributed by atoms with van der Waals surface area (Å²) < 4.78 is 11.3. The molecule has 0 radical (unpaired) electrons. The van der Waals surface area contributed by atoms with Gasteiger partial charge in [0.1, 0.15) is 17.5 Å². The van der Waals surface area contributed by atoms with E-state index in [4.69, 9.17) is 9.15 Å². The maximum Gasteiger partial charge on any atom is 0.312 e. The van der Waals surface area contributed by atoms with Crippen LogP contribution in [0.2, 0.25) is 0 Å². The first kappa shape index (κ1) is 19.1. The van der Waals surface area contributed by atoms with Crippen molar-refractivity contribution in [3.05, 3.63) is 54.7 Å². The molecule has 0 aliphatic carbocycles. The third kappa shape index (κ3) is 3.54. The summed E-state index contributed by atoms with van der Waals surface area (Å²) >= 11 is 0. The molecule has 1 spiro atoms. The Balaban J connectivity index is 1.21. The molecule has 156 valence electrons. The van der Waals surface area contributed by atoms with Crippen molar-refractivity contribution in [1.29, 1.82) is 0 Å². The van der Waals surface area contributed by atoms with Crippen molar-refractivity contribution in [3.8, 4) is 0 Å². The molecule has 3 aromatic heterocycles. The van der Waals surface area contributed by atoms with E-state index < -0.39 is 0 Å². The number of cyclic esters (lactones) is 1. The van der Waals surface area contributed by atoms with Gasteiger partial charge in [0.15, 0.2) is 0 Å². The van der Waals surface area contributed by atoms with Gasteiger partial charge < -0.3 is 14.1 Å². The lowest BCUT2D eigenvalue weighted by molar-refractivity contribution is -0.150. The lowest BCUT2D eigenvalue weighted by Gasteiger charge is -2.37. The van der Waals surface area contributed by atoms with E-state index in [1.165, 1.54) is 0 Å². The number of pyridine rings is 2. The summed E-state index contributed by atoms with van der Waals surface area (Å²) in [6, 6.07) is 9.77. The Morgan fingerprint density at radius 2 is 2.03 bits per heavy atom. The number of anilines is 1. The van der Waals surface area contributed by atoms with Crippen molar-refractivity contribution >= 4 is 22.8 Å². The van der Waals surface area contributed by atoms with Crippen LogP contribution in [0.25, 0.3) is 11.0 Å². The van der Waals surface area contributed by atoms with Crippen LogP contribution in [0.3, 0.4) is 0 Å². The Labute approximate surface area is 175 Å². The Morgan fingerprint density at radius 3 is 2.83 bits per heavy atom. The number of fused-ring (bicyclic) bond motifs is 1. The molecule has 2 aliphatic rings. The van der Waals surface area contributed by atoms with E-state index in [1.54, 1.807) is 18.7 Å². The average Bonchev–Trinajstić information content (AvgIpc) is 3.34. The minimum absolute atomic E-state index is 0.0344. The van der Waals surface area contributed by atoms with E-state index in [1.807, 2.05) is 37.4 Å². The second-order valence-corrected chi connectivity index (χ2v) is 8.48. The minimum Gasteiger partial charge on any atom is -0.464 e. The molecule has 0 saturated carbocycles. The van der Waals surface area contributed by atoms with Crippen LogP contribution >= 0.6 is 0 Å². The monoisotopic (exact) mass is 406 g/mol. The standard InChI is InChI=1S/C23H26N4O3/c1-26(15-17-4-2-3-9-24-17)16-18-14-23(22(28)30-18)7-11-27(12-8-23)21-19-6-13-29-20(19)5-10-25-21/h2-6,9-10,13,18H,7-8,11-12,14-16H2,1H3. The Kier molecular flexibility index (Phi) is 4.90. The first-order chi connectivity index (χ1) is 14.6. The van der Waals surface area contributed by atoms with Crippen molar-refractivity contribution in [1.82, 2.24) is 14.9 Å². The van der Waals surface area contributed by atoms with Gasteiger partial charge in [-0.05, 0) is 44.2 Å². The number of aromatic nitrogens is 2. The molecule has 0 bridgehead atoms. The summed E-state index contributed by atoms with van der Waals surface area (Å²) in [5.74, 6) is 0.905. The molecule has 1 atom stereocenters. The quantitative estimate of drug-likeness (QED) is 0.602. The van der Waals surface area contributed by atoms with E-state index in [9.17, 15) is 4.79 Å². The second kappa shape index (κ2) is 7.72. The number of hydrogen-bond donors (Lipinski definition) is 0. The van der Waals surface area contributed by atoms with Gasteiger partial charge in [-0.3, -0.25) is 14.7 Å². The molecule has 1 unspecified atom stereocenters. The van der Waals surface area contributed by atoms with E-state index in [2.05, 4.69) is 19.8 Å². The number of likely N-dealkylation sites (N-methyl/N-ethyl adjacent to an activating group) is 1. The lowest BCUT2D eigenvalue weighted by atomic mass is 9.76. The summed E-state index contributed by atoms with van der Waals surface area (Å²) in [4.78, 5) is 26.2. The topological polar surface area (TPSA) is 71.7 Å². The first-order valence-corrected chi connectivity index (χ1v) is 10.5. The van der Waals surface area contributed by atoms with Gasteiger partial charge >= 0.3 is 5.97 Å². The SMILES string of the molecule is CN(Cc1ccccn1)CC1CC2(CCN(c3nccc4occc34)CC2)C(=O)O1. The van der Waals surface area contributed by atoms with Crippen LogP contribution in [-0.4, -0.2) is 53.6 Å². The zero-order valence-electron chi connectivity index (χ0n) is 17.2. The normalized spacial score (nSPS) is 20.9. The van der Waals surface area contributed by atoms with Crippen molar-refractivity contribution in [2.45, 2.75) is 31.9 Å². The molecule has 2 aliphatic heterocycles. The molecule has 7 heteroatoms. The maximum atomic E-state index is 12.8. The number of esters is 1. The highest BCUT2D eigenvalue weighted by molar-refractivity contribution is 5.88. The smallest absolute Gasteiger partial charge is 0.312 e. The number of carbonyl (C=O) groups is 1. The second-order valence-electron chi connectivity index (χ2n) is 8.48. The highest BCUT2D eigenvalue weighted by Crippen LogP contribution is 2.44. The van der Waals surface area contributed by atoms with E-state index in [-0.39, 0.29) is 17.5 Å². The Hall–Kier alpha value is -2.93. The van der Waals surface area contributed by atoms with Gasteiger partial charge in [0.05, 0.1) is 22.8 Å². The third-order valence-electron chi connectivity index (χ3n) is 6.38. The van der Waals surface area contributed by atoms with Gasteiger partial charge in [-0.1, -0.05) is 6.07 Å². The molecular weight excluding hydrogens is 380 g/mol. The minimum atomic E-state index is -0.364. The van der Waals surface area contributed by atoms with Crippen LogP contribution in [0.4, 0.5) is 5.82 Å². The van der Waals surface area contributed by atoms with Crippen LogP contribution in [0, 0.1) is 5.41 Å². The predicted octanol–water partition coefficient (Wildman–Crippen LogP) is 3.26. The van der Waals surface area contributed by atoms with Crippen LogP contribution in [0.15, 0.2) is 53.4 Å². The number of rotatable bonds is 5. The van der Waals surface area contributed by atoms with Gasteiger partial charge in [-0.2, -0.15) is 0 Å². The zero-order valence-corrected chi connectivity index (χ0v) is 17.2. The van der Waals surface area contributed by atoms with Crippen LogP contribution in [0.1, 0.15) is 25.0 Å². The Bertz CT molecular complexity index is 1030. The molecule has 0 N–H and O–H groups in total. The van der Waals surface area contributed by atoms with Crippen molar-refractivity contribution in [2.24, 2.45) is 5.41 Å². The van der Waals surface area contributed by atoms with E-state index in [0.29, 0.717) is 0 Å². The summed E-state index contributed by atoms with van der Waals surface area (Å²) in [7, 11) is 2.05. The van der Waals surface area contributed by atoms with Gasteiger partial charge in [-0.25, -0.2) is 4.98 Å². The molecular formula is C23H26N4O3. The fourth-order valence-electron chi connectivity index (χ4n) is 4.81. The van der Waals surface area contributed by atoms with Crippen LogP contribution in [-0.2, 0) is 16.1 Å². The van der Waals surface area contributed by atoms with E-state index in [0.717, 1.165) is 67.9 Å². The lowest BCUT2D eigenvalue weighted by Crippen LogP contribution is -2.43. The van der Waals surface area contributed by atoms with E-state index >= 15 is 0 Å². The van der Waals surface area contributed by atoms with Crippen LogP contribution in [0.5, 0.6) is 0 Å². The number of piperidine rings is 1. The number of nitrogens with zero attached hydrogens (tertiary/aromatic N) is 4. The molecule has 0 amide bonds. The predicted molar refractivity (Wildman–Crippen MR) is 113 cm³/mol. The molecule has 5 heterocycles. The van der Waals surface area contributed by atoms with Crippen molar-refractivity contribution in [3.63, 3.8) is 0 Å². The molecule has 3 aromatic rings. The molecule has 5 rings (SSSR count). The summed E-state index contributed by atoms with van der Waals surface area (Å²) in [6.45, 7) is 3.06. The Morgan fingerprint density at radius 1 is 1.17 bits per heavy atom. The maximum absolute atomic E-state index is 12.8. The summed E-state index contributed by atoms with van der Waals surface area (Å²) in [5, 5.41) is 1.02. The third-order valence-corrected chi connectivity index (χ3v) is 6.38. The number of hydrogen-bond acceptors (Lipinski definition) is 7. The molecule has 2 saturated heterocycles. The van der Waals surface area contributed by atoms with Crippen molar-refractivity contribution < 1.29 is 13.9 Å². The van der Waals surface area contributed by atoms with Crippen molar-refractivity contribution in [2.75, 3.05) is 31.6 Å². The molecule has 2 fully saturated rings. The fourth-order valence-corrected chi connectivity index (χ4v) is 4.81. The fraction of sp³-hybridized carbons (Fsp3) is 0.435. The average molecular weight is 406 g/mol. The van der Waals surface area contributed by atoms with Gasteiger partial charge in [0, 0.05) is 45.0 Å². The summed E-state index contributed by atoms with van der Waals surface area (Å²) in [6.07, 6.45) is 7.60. The van der Waals surface area contributed by atoms with Gasteiger partial charge in [0.25, 0.3) is 0 Å².